The first kappa shape index (κ1) is 19.1. The second-order valence-corrected chi connectivity index (χ2v) is 7.33. The van der Waals surface area contributed by atoms with Crippen molar-refractivity contribution in [3.05, 3.63) is 75.3 Å². The fourth-order valence-electron chi connectivity index (χ4n) is 3.74. The van der Waals surface area contributed by atoms with E-state index < -0.39 is 4.92 Å². The van der Waals surface area contributed by atoms with E-state index in [1.54, 1.807) is 18.2 Å². The van der Waals surface area contributed by atoms with Crippen molar-refractivity contribution in [2.24, 2.45) is 0 Å². The third kappa shape index (κ3) is 4.63. The summed E-state index contributed by atoms with van der Waals surface area (Å²) in [6.07, 6.45) is 4.10. The Morgan fingerprint density at radius 2 is 1.97 bits per heavy atom. The Kier molecular flexibility index (Phi) is 5.57. The summed E-state index contributed by atoms with van der Waals surface area (Å²) >= 11 is 0. The number of nitro benzene ring substituents is 1. The molecule has 29 heavy (non-hydrogen) atoms. The Morgan fingerprint density at radius 3 is 2.76 bits per heavy atom. The molecular weight excluding hydrogens is 370 g/mol. The van der Waals surface area contributed by atoms with Crippen LogP contribution in [0.2, 0.25) is 0 Å². The number of nitro groups is 1. The van der Waals surface area contributed by atoms with Gasteiger partial charge in [-0.2, -0.15) is 0 Å². The molecule has 7 heteroatoms. The van der Waals surface area contributed by atoms with Gasteiger partial charge in [-0.05, 0) is 28.8 Å². The fraction of sp³-hybridized carbons (Fsp3) is 0.318. The molecule has 0 unspecified atom stereocenters. The Labute approximate surface area is 169 Å². The third-order valence-electron chi connectivity index (χ3n) is 5.34. The molecule has 1 amide bonds. The van der Waals surface area contributed by atoms with E-state index in [0.29, 0.717) is 18.7 Å². The van der Waals surface area contributed by atoms with Crippen LogP contribution < -0.4 is 4.74 Å². The third-order valence-corrected chi connectivity index (χ3v) is 5.34. The smallest absolute Gasteiger partial charge is 0.270 e. The van der Waals surface area contributed by atoms with E-state index in [1.807, 2.05) is 4.90 Å². The van der Waals surface area contributed by atoms with Crippen LogP contribution in [-0.4, -0.2) is 53.4 Å². The minimum Gasteiger partial charge on any atom is -0.493 e. The molecule has 0 atom stereocenters. The zero-order valence-electron chi connectivity index (χ0n) is 16.1. The van der Waals surface area contributed by atoms with Gasteiger partial charge in [0.25, 0.3) is 5.69 Å². The van der Waals surface area contributed by atoms with Crippen molar-refractivity contribution in [2.45, 2.75) is 13.0 Å². The van der Waals surface area contributed by atoms with Gasteiger partial charge in [-0.1, -0.05) is 24.3 Å². The van der Waals surface area contributed by atoms with Crippen LogP contribution in [0.25, 0.3) is 6.08 Å². The number of carbonyl (C=O) groups excluding carboxylic acids is 1. The Balaban J connectivity index is 1.29. The maximum absolute atomic E-state index is 12.5. The molecule has 1 fully saturated rings. The number of hydrogen-bond acceptors (Lipinski definition) is 5. The first-order valence-electron chi connectivity index (χ1n) is 9.77. The summed E-state index contributed by atoms with van der Waals surface area (Å²) in [6, 6.07) is 12.7. The normalized spacial score (nSPS) is 16.6. The lowest BCUT2D eigenvalue weighted by Crippen LogP contribution is -2.47. The predicted octanol–water partition coefficient (Wildman–Crippen LogP) is 2.89. The van der Waals surface area contributed by atoms with Crippen molar-refractivity contribution < 1.29 is 14.5 Å². The number of piperazine rings is 1. The molecule has 0 aromatic heterocycles. The lowest BCUT2D eigenvalue weighted by atomic mass is 10.1. The average Bonchev–Trinajstić information content (AvgIpc) is 3.20. The van der Waals surface area contributed by atoms with E-state index in [0.717, 1.165) is 38.4 Å². The summed E-state index contributed by atoms with van der Waals surface area (Å²) in [4.78, 5) is 27.0. The molecule has 150 valence electrons. The van der Waals surface area contributed by atoms with Gasteiger partial charge in [-0.3, -0.25) is 19.8 Å². The molecule has 2 heterocycles. The van der Waals surface area contributed by atoms with E-state index >= 15 is 0 Å². The number of rotatable bonds is 5. The highest BCUT2D eigenvalue weighted by molar-refractivity contribution is 5.91. The highest BCUT2D eigenvalue weighted by Crippen LogP contribution is 2.26. The van der Waals surface area contributed by atoms with Crippen LogP contribution >= 0.6 is 0 Å². The molecule has 2 aliphatic heterocycles. The second-order valence-electron chi connectivity index (χ2n) is 7.33. The van der Waals surface area contributed by atoms with E-state index in [2.05, 4.69) is 23.1 Å². The van der Waals surface area contributed by atoms with Gasteiger partial charge < -0.3 is 9.64 Å². The molecule has 1 saturated heterocycles. The molecule has 2 aromatic rings. The minimum atomic E-state index is -0.438. The highest BCUT2D eigenvalue weighted by atomic mass is 16.6. The number of non-ortho nitro benzene ring substituents is 1. The van der Waals surface area contributed by atoms with E-state index in [-0.39, 0.29) is 11.6 Å². The monoisotopic (exact) mass is 393 g/mol. The summed E-state index contributed by atoms with van der Waals surface area (Å²) in [5, 5.41) is 10.9. The number of carbonyl (C=O) groups is 1. The van der Waals surface area contributed by atoms with Crippen molar-refractivity contribution >= 4 is 17.7 Å². The Bertz CT molecular complexity index is 949. The molecule has 4 rings (SSSR count). The Morgan fingerprint density at radius 1 is 1.14 bits per heavy atom. The Hall–Kier alpha value is -3.19. The van der Waals surface area contributed by atoms with Crippen LogP contribution in [0.4, 0.5) is 5.69 Å². The average molecular weight is 393 g/mol. The van der Waals surface area contributed by atoms with Crippen LogP contribution in [0.1, 0.15) is 16.7 Å². The number of benzene rings is 2. The lowest BCUT2D eigenvalue weighted by Gasteiger charge is -2.34. The van der Waals surface area contributed by atoms with Crippen molar-refractivity contribution in [2.75, 3.05) is 32.8 Å². The predicted molar refractivity (Wildman–Crippen MR) is 110 cm³/mol. The SMILES string of the molecule is O=C(/C=C/c1cccc([N+](=O)[O-])c1)N1CCN(Cc2ccc3c(c2)CCO3)CC1. The first-order valence-corrected chi connectivity index (χ1v) is 9.77. The van der Waals surface area contributed by atoms with Crippen LogP contribution in [0.5, 0.6) is 5.75 Å². The molecule has 0 N–H and O–H groups in total. The molecule has 0 saturated carbocycles. The van der Waals surface area contributed by atoms with Crippen LogP contribution in [-0.2, 0) is 17.8 Å². The van der Waals surface area contributed by atoms with Crippen molar-refractivity contribution in [1.29, 1.82) is 0 Å². The summed E-state index contributed by atoms with van der Waals surface area (Å²) in [7, 11) is 0. The van der Waals surface area contributed by atoms with Gasteiger partial charge in [0.1, 0.15) is 5.75 Å². The van der Waals surface area contributed by atoms with Crippen LogP contribution in [0.3, 0.4) is 0 Å². The molecule has 7 nitrogen and oxygen atoms in total. The van der Waals surface area contributed by atoms with Crippen LogP contribution in [0.15, 0.2) is 48.5 Å². The molecule has 0 spiro atoms. The van der Waals surface area contributed by atoms with Gasteiger partial charge >= 0.3 is 0 Å². The van der Waals surface area contributed by atoms with Gasteiger partial charge in [0.2, 0.25) is 5.91 Å². The quantitative estimate of drug-likeness (QED) is 0.444. The van der Waals surface area contributed by atoms with Crippen molar-refractivity contribution in [1.82, 2.24) is 9.80 Å². The van der Waals surface area contributed by atoms with Gasteiger partial charge in [0.15, 0.2) is 0 Å². The van der Waals surface area contributed by atoms with E-state index in [1.165, 1.54) is 29.3 Å². The largest absolute Gasteiger partial charge is 0.493 e. The molecule has 0 aliphatic carbocycles. The maximum Gasteiger partial charge on any atom is 0.270 e. The molecule has 0 radical (unpaired) electrons. The topological polar surface area (TPSA) is 75.9 Å². The van der Waals surface area contributed by atoms with Gasteiger partial charge in [-0.25, -0.2) is 0 Å². The first-order chi connectivity index (χ1) is 14.1. The van der Waals surface area contributed by atoms with E-state index in [9.17, 15) is 14.9 Å². The van der Waals surface area contributed by atoms with Gasteiger partial charge in [-0.15, -0.1) is 0 Å². The summed E-state index contributed by atoms with van der Waals surface area (Å²) < 4.78 is 5.56. The zero-order valence-corrected chi connectivity index (χ0v) is 16.1. The second kappa shape index (κ2) is 8.45. The molecule has 2 aromatic carbocycles. The number of amides is 1. The van der Waals surface area contributed by atoms with Crippen molar-refractivity contribution in [3.8, 4) is 5.75 Å². The number of fused-ring (bicyclic) bond motifs is 1. The summed E-state index contributed by atoms with van der Waals surface area (Å²) in [5.74, 6) is 0.936. The fourth-order valence-corrected chi connectivity index (χ4v) is 3.74. The molecular formula is C22H23N3O4. The summed E-state index contributed by atoms with van der Waals surface area (Å²) in [5.41, 5.74) is 3.22. The number of hydrogen-bond donors (Lipinski definition) is 0. The zero-order chi connectivity index (χ0) is 20.2. The summed E-state index contributed by atoms with van der Waals surface area (Å²) in [6.45, 7) is 4.63. The maximum atomic E-state index is 12.5. The van der Waals surface area contributed by atoms with Crippen LogP contribution in [0, 0.1) is 10.1 Å². The van der Waals surface area contributed by atoms with Gasteiger partial charge in [0.05, 0.1) is 11.5 Å². The molecule has 0 bridgehead atoms. The number of ether oxygens (including phenoxy) is 1. The molecule has 2 aliphatic rings. The van der Waals surface area contributed by atoms with E-state index in [4.69, 9.17) is 4.74 Å². The van der Waals surface area contributed by atoms with Gasteiger partial charge in [0, 0.05) is 57.4 Å². The van der Waals surface area contributed by atoms with Crippen molar-refractivity contribution in [3.63, 3.8) is 0 Å². The standard InChI is InChI=1S/C22H23N3O4/c26-22(7-5-17-2-1-3-20(15-17)25(27)28)24-11-9-23(10-12-24)16-18-4-6-21-19(14-18)8-13-29-21/h1-7,14-15H,8-13,16H2/b7-5+. The number of nitrogens with zero attached hydrogens (tertiary/aromatic N) is 3. The minimum absolute atomic E-state index is 0.0198. The highest BCUT2D eigenvalue weighted by Gasteiger charge is 2.20. The lowest BCUT2D eigenvalue weighted by molar-refractivity contribution is -0.384.